The minimum atomic E-state index is 0.394. The third-order valence-electron chi connectivity index (χ3n) is 3.63. The second kappa shape index (κ2) is 8.89. The molecule has 1 N–H and O–H groups in total. The third-order valence-corrected chi connectivity index (χ3v) is 3.63. The summed E-state index contributed by atoms with van der Waals surface area (Å²) in [5.74, 6) is 0.817. The van der Waals surface area contributed by atoms with Crippen molar-refractivity contribution < 1.29 is 4.74 Å². The van der Waals surface area contributed by atoms with Crippen LogP contribution in [0.15, 0.2) is 0 Å². The second-order valence-electron chi connectivity index (χ2n) is 6.16. The number of hydrogen-bond donors (Lipinski definition) is 1. The largest absolute Gasteiger partial charge is 0.377 e. The van der Waals surface area contributed by atoms with E-state index in [4.69, 9.17) is 4.74 Å². The minimum Gasteiger partial charge on any atom is -0.377 e. The van der Waals surface area contributed by atoms with Crippen LogP contribution in [0.2, 0.25) is 0 Å². The summed E-state index contributed by atoms with van der Waals surface area (Å²) in [5, 5.41) is 3.64. The van der Waals surface area contributed by atoms with Gasteiger partial charge in [0.15, 0.2) is 0 Å². The van der Waals surface area contributed by atoms with Crippen molar-refractivity contribution in [3.8, 4) is 0 Å². The Morgan fingerprint density at radius 3 is 2.78 bits per heavy atom. The summed E-state index contributed by atoms with van der Waals surface area (Å²) in [6.45, 7) is 14.5. The Labute approximate surface area is 113 Å². The first kappa shape index (κ1) is 15.9. The fourth-order valence-electron chi connectivity index (χ4n) is 2.44. The van der Waals surface area contributed by atoms with Crippen LogP contribution in [0, 0.1) is 5.92 Å². The molecule has 3 nitrogen and oxygen atoms in total. The zero-order valence-electron chi connectivity index (χ0n) is 12.7. The molecule has 1 heterocycles. The molecule has 2 unspecified atom stereocenters. The Kier molecular flexibility index (Phi) is 7.87. The number of nitrogens with zero attached hydrogens (tertiary/aromatic N) is 1. The number of rotatable bonds is 7. The van der Waals surface area contributed by atoms with Crippen LogP contribution in [-0.4, -0.2) is 49.8 Å². The summed E-state index contributed by atoms with van der Waals surface area (Å²) in [4.78, 5) is 2.53. The van der Waals surface area contributed by atoms with Gasteiger partial charge in [-0.05, 0) is 39.0 Å². The molecular weight excluding hydrogens is 224 g/mol. The quantitative estimate of drug-likeness (QED) is 0.757. The van der Waals surface area contributed by atoms with Crippen molar-refractivity contribution in [2.45, 2.75) is 59.1 Å². The molecule has 0 amide bonds. The maximum absolute atomic E-state index is 5.66. The van der Waals surface area contributed by atoms with Crippen molar-refractivity contribution in [1.29, 1.82) is 0 Å². The molecule has 1 aliphatic heterocycles. The molecule has 2 atom stereocenters. The Hall–Kier alpha value is -0.120. The van der Waals surface area contributed by atoms with Crippen LogP contribution in [0.25, 0.3) is 0 Å². The van der Waals surface area contributed by atoms with Crippen molar-refractivity contribution in [2.75, 3.05) is 32.8 Å². The summed E-state index contributed by atoms with van der Waals surface area (Å²) in [6, 6.07) is 0.646. The molecule has 0 aromatic heterocycles. The van der Waals surface area contributed by atoms with E-state index in [2.05, 4.69) is 37.9 Å². The van der Waals surface area contributed by atoms with Crippen molar-refractivity contribution in [3.05, 3.63) is 0 Å². The standard InChI is InChI=1S/C15H32N2O/c1-13(2)6-7-14(3)16-8-10-17-9-5-11-18-15(4)12-17/h13-16H,5-12H2,1-4H3. The van der Waals surface area contributed by atoms with Gasteiger partial charge in [0, 0.05) is 38.8 Å². The number of hydrogen-bond acceptors (Lipinski definition) is 3. The van der Waals surface area contributed by atoms with Crippen LogP contribution in [0.3, 0.4) is 0 Å². The molecular formula is C15H32N2O. The van der Waals surface area contributed by atoms with E-state index in [0.29, 0.717) is 12.1 Å². The van der Waals surface area contributed by atoms with E-state index < -0.39 is 0 Å². The molecule has 1 aliphatic rings. The maximum Gasteiger partial charge on any atom is 0.0673 e. The average molecular weight is 256 g/mol. The van der Waals surface area contributed by atoms with Gasteiger partial charge in [-0.3, -0.25) is 4.90 Å². The van der Waals surface area contributed by atoms with Crippen LogP contribution in [-0.2, 0) is 4.74 Å². The van der Waals surface area contributed by atoms with E-state index in [1.807, 2.05) is 0 Å². The second-order valence-corrected chi connectivity index (χ2v) is 6.16. The van der Waals surface area contributed by atoms with Crippen molar-refractivity contribution in [3.63, 3.8) is 0 Å². The van der Waals surface area contributed by atoms with Crippen LogP contribution >= 0.6 is 0 Å². The number of ether oxygens (including phenoxy) is 1. The van der Waals surface area contributed by atoms with Gasteiger partial charge >= 0.3 is 0 Å². The summed E-state index contributed by atoms with van der Waals surface area (Å²) >= 11 is 0. The maximum atomic E-state index is 5.66. The third kappa shape index (κ3) is 7.34. The predicted octanol–water partition coefficient (Wildman–Crippen LogP) is 2.51. The van der Waals surface area contributed by atoms with Crippen molar-refractivity contribution >= 4 is 0 Å². The molecule has 1 fully saturated rings. The molecule has 0 aromatic rings. The average Bonchev–Trinajstić information content (AvgIpc) is 2.51. The topological polar surface area (TPSA) is 24.5 Å². The molecule has 0 saturated carbocycles. The summed E-state index contributed by atoms with van der Waals surface area (Å²) in [5.41, 5.74) is 0. The smallest absolute Gasteiger partial charge is 0.0673 e. The molecule has 108 valence electrons. The van der Waals surface area contributed by atoms with Crippen LogP contribution in [0.4, 0.5) is 0 Å². The lowest BCUT2D eigenvalue weighted by molar-refractivity contribution is 0.0678. The first-order chi connectivity index (χ1) is 8.58. The monoisotopic (exact) mass is 256 g/mol. The molecule has 0 aromatic carbocycles. The van der Waals surface area contributed by atoms with Crippen molar-refractivity contribution in [1.82, 2.24) is 10.2 Å². The fraction of sp³-hybridized carbons (Fsp3) is 1.00. The Morgan fingerprint density at radius 1 is 1.28 bits per heavy atom. The highest BCUT2D eigenvalue weighted by Crippen LogP contribution is 2.07. The van der Waals surface area contributed by atoms with Gasteiger partial charge in [-0.1, -0.05) is 13.8 Å². The van der Waals surface area contributed by atoms with Crippen LogP contribution in [0.5, 0.6) is 0 Å². The van der Waals surface area contributed by atoms with Gasteiger partial charge in [0.25, 0.3) is 0 Å². The molecule has 0 bridgehead atoms. The van der Waals surface area contributed by atoms with Gasteiger partial charge in [0.2, 0.25) is 0 Å². The van der Waals surface area contributed by atoms with Gasteiger partial charge < -0.3 is 10.1 Å². The molecule has 0 aliphatic carbocycles. The molecule has 1 rings (SSSR count). The zero-order chi connectivity index (χ0) is 13.4. The zero-order valence-corrected chi connectivity index (χ0v) is 12.7. The summed E-state index contributed by atoms with van der Waals surface area (Å²) in [7, 11) is 0. The van der Waals surface area contributed by atoms with Gasteiger partial charge in [-0.2, -0.15) is 0 Å². The molecule has 18 heavy (non-hydrogen) atoms. The molecule has 0 spiro atoms. The van der Waals surface area contributed by atoms with E-state index in [1.165, 1.54) is 25.8 Å². The van der Waals surface area contributed by atoms with Crippen molar-refractivity contribution in [2.24, 2.45) is 5.92 Å². The minimum absolute atomic E-state index is 0.394. The highest BCUT2D eigenvalue weighted by atomic mass is 16.5. The van der Waals surface area contributed by atoms with E-state index in [9.17, 15) is 0 Å². The highest BCUT2D eigenvalue weighted by Gasteiger charge is 2.14. The van der Waals surface area contributed by atoms with Gasteiger partial charge in [-0.25, -0.2) is 0 Å². The highest BCUT2D eigenvalue weighted by molar-refractivity contribution is 4.69. The number of nitrogens with one attached hydrogen (secondary N) is 1. The van der Waals surface area contributed by atoms with E-state index >= 15 is 0 Å². The SMILES string of the molecule is CC(C)CCC(C)NCCN1CCCOC(C)C1. The lowest BCUT2D eigenvalue weighted by Gasteiger charge is -2.23. The summed E-state index contributed by atoms with van der Waals surface area (Å²) in [6.07, 6.45) is 4.18. The molecule has 3 heteroatoms. The van der Waals surface area contributed by atoms with Gasteiger partial charge in [0.1, 0.15) is 0 Å². The first-order valence-corrected chi connectivity index (χ1v) is 7.65. The van der Waals surface area contributed by atoms with E-state index in [0.717, 1.165) is 32.2 Å². The Bertz CT molecular complexity index is 209. The first-order valence-electron chi connectivity index (χ1n) is 7.65. The molecule has 1 saturated heterocycles. The summed E-state index contributed by atoms with van der Waals surface area (Å²) < 4.78 is 5.66. The normalized spacial score (nSPS) is 24.2. The predicted molar refractivity (Wildman–Crippen MR) is 78.0 cm³/mol. The lowest BCUT2D eigenvalue weighted by atomic mass is 10.0. The van der Waals surface area contributed by atoms with Gasteiger partial charge in [0.05, 0.1) is 6.10 Å². The molecule has 0 radical (unpaired) electrons. The van der Waals surface area contributed by atoms with Crippen LogP contribution in [0.1, 0.15) is 47.0 Å². The lowest BCUT2D eigenvalue weighted by Crippen LogP contribution is -2.38. The van der Waals surface area contributed by atoms with Crippen LogP contribution < -0.4 is 5.32 Å². The Morgan fingerprint density at radius 2 is 2.06 bits per heavy atom. The Balaban J connectivity index is 2.08. The fourth-order valence-corrected chi connectivity index (χ4v) is 2.44. The van der Waals surface area contributed by atoms with Gasteiger partial charge in [-0.15, -0.1) is 0 Å². The van der Waals surface area contributed by atoms with E-state index in [1.54, 1.807) is 0 Å². The van der Waals surface area contributed by atoms with E-state index in [-0.39, 0.29) is 0 Å².